The fourth-order valence-corrected chi connectivity index (χ4v) is 6.76. The summed E-state index contributed by atoms with van der Waals surface area (Å²) in [6.45, 7) is 4.68. The maximum absolute atomic E-state index is 13.4. The number of carboxylic acids is 1. The van der Waals surface area contributed by atoms with Crippen LogP contribution in [-0.4, -0.2) is 30.1 Å². The predicted octanol–water partition coefficient (Wildman–Crippen LogP) is 5.89. The van der Waals surface area contributed by atoms with Crippen LogP contribution in [0.2, 0.25) is 0 Å². The maximum atomic E-state index is 13.4. The number of carboxylic acid groups (broad SMARTS) is 1. The number of allylic oxidation sites excluding steroid dienone is 2. The number of methoxy groups -OCH3 is 1. The van der Waals surface area contributed by atoms with Gasteiger partial charge in [-0.2, -0.15) is 0 Å². The number of unbranched alkanes of at least 4 members (excludes halogenated alkanes) is 1. The first-order valence-corrected chi connectivity index (χ1v) is 12.4. The van der Waals surface area contributed by atoms with E-state index in [0.717, 1.165) is 46.6 Å². The Morgan fingerprint density at radius 3 is 2.81 bits per heavy atom. The van der Waals surface area contributed by atoms with Crippen LogP contribution in [0.5, 0.6) is 5.75 Å². The molecule has 5 nitrogen and oxygen atoms in total. The first-order chi connectivity index (χ1) is 15.3. The molecule has 4 atom stereocenters. The van der Waals surface area contributed by atoms with Gasteiger partial charge in [-0.15, -0.1) is 11.3 Å². The average molecular weight is 456 g/mol. The second kappa shape index (κ2) is 9.26. The van der Waals surface area contributed by atoms with E-state index in [9.17, 15) is 9.59 Å². The molecule has 1 aromatic heterocycles. The van der Waals surface area contributed by atoms with Crippen molar-refractivity contribution in [2.75, 3.05) is 7.11 Å². The number of carbonyl (C=O) groups excluding carboxylic acids is 1. The lowest BCUT2D eigenvalue weighted by Gasteiger charge is -2.62. The van der Waals surface area contributed by atoms with Crippen LogP contribution in [0, 0.1) is 23.2 Å². The minimum absolute atomic E-state index is 0.00157. The van der Waals surface area contributed by atoms with Gasteiger partial charge in [0.1, 0.15) is 5.75 Å². The van der Waals surface area contributed by atoms with E-state index in [2.05, 4.69) is 31.3 Å². The largest absolute Gasteiger partial charge is 0.495 e. The standard InChI is InChI=1S/C26H33NO4S/c1-26(2)17-13-16(9-6-4-5-7-12-22(28)29)23(20(26)14-17)27-25(30)19-11-8-10-18-21(31-3)15-32-24(18)19/h4,6,8,10-11,15-17,20,23H,5,7,9,12-14H2,1-3H3,(H,27,30)(H,28,29)/t16-,17+,20+,23?/m1/s1. The van der Waals surface area contributed by atoms with E-state index in [4.69, 9.17) is 9.84 Å². The Kier molecular flexibility index (Phi) is 6.61. The highest BCUT2D eigenvalue weighted by Gasteiger charge is 2.57. The summed E-state index contributed by atoms with van der Waals surface area (Å²) >= 11 is 1.55. The van der Waals surface area contributed by atoms with Crippen LogP contribution in [-0.2, 0) is 4.79 Å². The number of fused-ring (bicyclic) bond motifs is 3. The minimum atomic E-state index is -0.742. The lowest BCUT2D eigenvalue weighted by atomic mass is 9.44. The van der Waals surface area contributed by atoms with E-state index in [1.54, 1.807) is 18.4 Å². The number of aliphatic carboxylic acids is 1. The van der Waals surface area contributed by atoms with E-state index >= 15 is 0 Å². The molecule has 1 aromatic carbocycles. The number of amides is 1. The molecule has 6 heteroatoms. The van der Waals surface area contributed by atoms with Gasteiger partial charge in [-0.1, -0.05) is 32.1 Å². The quantitative estimate of drug-likeness (QED) is 0.365. The van der Waals surface area contributed by atoms with Gasteiger partial charge in [0.2, 0.25) is 0 Å². The molecule has 2 N–H and O–H groups in total. The van der Waals surface area contributed by atoms with E-state index < -0.39 is 5.97 Å². The van der Waals surface area contributed by atoms with Crippen molar-refractivity contribution >= 4 is 33.3 Å². The van der Waals surface area contributed by atoms with Crippen molar-refractivity contribution in [2.24, 2.45) is 23.2 Å². The summed E-state index contributed by atoms with van der Waals surface area (Å²) in [5.41, 5.74) is 0.982. The van der Waals surface area contributed by atoms with Crippen molar-refractivity contribution in [1.29, 1.82) is 0 Å². The van der Waals surface area contributed by atoms with Crippen molar-refractivity contribution in [3.05, 3.63) is 41.3 Å². The van der Waals surface area contributed by atoms with Gasteiger partial charge in [0.25, 0.3) is 5.91 Å². The highest BCUT2D eigenvalue weighted by molar-refractivity contribution is 7.18. The third kappa shape index (κ3) is 4.29. The molecule has 3 aliphatic carbocycles. The van der Waals surface area contributed by atoms with Gasteiger partial charge in [-0.25, -0.2) is 0 Å². The van der Waals surface area contributed by atoms with E-state index in [-0.39, 0.29) is 23.8 Å². The molecule has 5 rings (SSSR count). The molecule has 172 valence electrons. The first kappa shape index (κ1) is 22.8. The van der Waals surface area contributed by atoms with Gasteiger partial charge in [-0.05, 0) is 67.4 Å². The normalized spacial score (nSPS) is 26.1. The molecule has 3 saturated carbocycles. The highest BCUT2D eigenvalue weighted by Crippen LogP contribution is 2.61. The molecule has 1 amide bonds. The van der Waals surface area contributed by atoms with Gasteiger partial charge in [-0.3, -0.25) is 9.59 Å². The summed E-state index contributed by atoms with van der Waals surface area (Å²) in [5, 5.41) is 15.2. The molecule has 1 unspecified atom stereocenters. The Morgan fingerprint density at radius 2 is 2.09 bits per heavy atom. The molecular weight excluding hydrogens is 422 g/mol. The van der Waals surface area contributed by atoms with Crippen LogP contribution in [0.25, 0.3) is 10.1 Å². The number of hydrogen-bond donors (Lipinski definition) is 2. The Hall–Kier alpha value is -2.34. The predicted molar refractivity (Wildman–Crippen MR) is 128 cm³/mol. The Bertz CT molecular complexity index is 1020. The smallest absolute Gasteiger partial charge is 0.303 e. The molecule has 0 saturated heterocycles. The summed E-state index contributed by atoms with van der Waals surface area (Å²) in [6.07, 6.45) is 9.21. The van der Waals surface area contributed by atoms with Gasteiger partial charge in [0, 0.05) is 23.2 Å². The second-order valence-electron chi connectivity index (χ2n) is 9.83. The van der Waals surface area contributed by atoms with Crippen LogP contribution in [0.3, 0.4) is 0 Å². The van der Waals surface area contributed by atoms with E-state index in [0.29, 0.717) is 18.3 Å². The summed E-state index contributed by atoms with van der Waals surface area (Å²) in [4.78, 5) is 24.1. The number of hydrogen-bond acceptors (Lipinski definition) is 4. The molecule has 3 fully saturated rings. The second-order valence-corrected chi connectivity index (χ2v) is 10.7. The van der Waals surface area contributed by atoms with Crippen molar-refractivity contribution < 1.29 is 19.4 Å². The Morgan fingerprint density at radius 1 is 1.28 bits per heavy atom. The molecule has 2 bridgehead atoms. The molecular formula is C26H33NO4S. The van der Waals surface area contributed by atoms with Crippen LogP contribution in [0.1, 0.15) is 62.7 Å². The van der Waals surface area contributed by atoms with Gasteiger partial charge < -0.3 is 15.2 Å². The molecule has 32 heavy (non-hydrogen) atoms. The summed E-state index contributed by atoms with van der Waals surface area (Å²) in [6, 6.07) is 5.99. The maximum Gasteiger partial charge on any atom is 0.303 e. The third-order valence-corrected chi connectivity index (χ3v) is 8.78. The summed E-state index contributed by atoms with van der Waals surface area (Å²) < 4.78 is 6.41. The van der Waals surface area contributed by atoms with Gasteiger partial charge >= 0.3 is 5.97 Å². The zero-order chi connectivity index (χ0) is 22.9. The number of nitrogens with one attached hydrogen (secondary N) is 1. The van der Waals surface area contributed by atoms with E-state index in [1.165, 1.54) is 6.42 Å². The van der Waals surface area contributed by atoms with Crippen molar-refractivity contribution in [2.45, 2.75) is 58.4 Å². The fraction of sp³-hybridized carbons (Fsp3) is 0.538. The highest BCUT2D eigenvalue weighted by atomic mass is 32.1. The molecule has 2 aromatic rings. The molecule has 3 aliphatic rings. The topological polar surface area (TPSA) is 75.6 Å². The number of ether oxygens (including phenoxy) is 1. The van der Waals surface area contributed by atoms with Gasteiger partial charge in [0.15, 0.2) is 0 Å². The molecule has 1 heterocycles. The summed E-state index contributed by atoms with van der Waals surface area (Å²) in [5.74, 6) is 1.70. The Labute approximate surface area is 193 Å². The Balaban J connectivity index is 1.48. The SMILES string of the molecule is COc1csc2c(C(=O)NC3[C@H](CC=CCCCC(=O)O)C[C@H]4C[C@@H]3C4(C)C)cccc12. The monoisotopic (exact) mass is 455 g/mol. The number of carbonyl (C=O) groups is 2. The van der Waals surface area contributed by atoms with Crippen molar-refractivity contribution in [3.63, 3.8) is 0 Å². The van der Waals surface area contributed by atoms with E-state index in [1.807, 2.05) is 23.6 Å². The number of rotatable bonds is 9. The van der Waals surface area contributed by atoms with Gasteiger partial charge in [0.05, 0.1) is 17.4 Å². The first-order valence-electron chi connectivity index (χ1n) is 11.5. The van der Waals surface area contributed by atoms with Crippen molar-refractivity contribution in [3.8, 4) is 5.75 Å². The number of benzene rings is 1. The minimum Gasteiger partial charge on any atom is -0.495 e. The average Bonchev–Trinajstić information content (AvgIpc) is 3.19. The lowest BCUT2D eigenvalue weighted by Crippen LogP contribution is -2.63. The molecule has 0 aliphatic heterocycles. The zero-order valence-corrected chi connectivity index (χ0v) is 19.9. The third-order valence-electron chi connectivity index (χ3n) is 7.77. The van der Waals surface area contributed by atoms with Crippen LogP contribution in [0.4, 0.5) is 0 Å². The van der Waals surface area contributed by atoms with Crippen LogP contribution >= 0.6 is 11.3 Å². The zero-order valence-electron chi connectivity index (χ0n) is 19.1. The molecule has 0 radical (unpaired) electrons. The number of thiophene rings is 1. The fourth-order valence-electron chi connectivity index (χ4n) is 5.73. The van der Waals surface area contributed by atoms with Crippen LogP contribution < -0.4 is 10.1 Å². The van der Waals surface area contributed by atoms with Crippen molar-refractivity contribution in [1.82, 2.24) is 5.32 Å². The summed E-state index contributed by atoms with van der Waals surface area (Å²) in [7, 11) is 1.66. The molecule has 0 spiro atoms. The lowest BCUT2D eigenvalue weighted by molar-refractivity contribution is -0.137. The van der Waals surface area contributed by atoms with Crippen LogP contribution in [0.15, 0.2) is 35.7 Å².